The van der Waals surface area contributed by atoms with Gasteiger partial charge < -0.3 is 5.32 Å². The second-order valence-corrected chi connectivity index (χ2v) is 7.26. The van der Waals surface area contributed by atoms with Crippen molar-refractivity contribution in [3.8, 4) is 0 Å². The number of piperidine rings is 1. The first-order chi connectivity index (χ1) is 11.3. The summed E-state index contributed by atoms with van der Waals surface area (Å²) in [6.07, 6.45) is 7.95. The highest BCUT2D eigenvalue weighted by Crippen LogP contribution is 2.35. The van der Waals surface area contributed by atoms with E-state index in [0.29, 0.717) is 5.41 Å². The highest BCUT2D eigenvalue weighted by molar-refractivity contribution is 5.23. The van der Waals surface area contributed by atoms with Crippen LogP contribution in [0.3, 0.4) is 0 Å². The second kappa shape index (κ2) is 6.46. The van der Waals surface area contributed by atoms with E-state index in [-0.39, 0.29) is 0 Å². The molecule has 0 aliphatic carbocycles. The molecule has 3 heterocycles. The maximum Gasteiger partial charge on any atom is 0.0659 e. The van der Waals surface area contributed by atoms with E-state index in [2.05, 4.69) is 39.6 Å². The molecule has 2 aliphatic heterocycles. The number of nitrogens with zero attached hydrogens (tertiary/aromatic N) is 3. The summed E-state index contributed by atoms with van der Waals surface area (Å²) in [5.74, 6) is 0. The Morgan fingerprint density at radius 3 is 2.83 bits per heavy atom. The van der Waals surface area contributed by atoms with Crippen molar-refractivity contribution in [2.45, 2.75) is 32.4 Å². The molecule has 2 aliphatic rings. The van der Waals surface area contributed by atoms with Gasteiger partial charge in [0.25, 0.3) is 0 Å². The molecular formula is C19H26N4. The van der Waals surface area contributed by atoms with E-state index in [4.69, 9.17) is 0 Å². The van der Waals surface area contributed by atoms with Crippen molar-refractivity contribution in [1.82, 2.24) is 20.0 Å². The van der Waals surface area contributed by atoms with Gasteiger partial charge in [-0.25, -0.2) is 0 Å². The number of benzene rings is 1. The Hall–Kier alpha value is -1.65. The zero-order chi connectivity index (χ0) is 15.5. The summed E-state index contributed by atoms with van der Waals surface area (Å²) in [6.45, 7) is 6.84. The summed E-state index contributed by atoms with van der Waals surface area (Å²) in [5, 5.41) is 7.87. The van der Waals surface area contributed by atoms with Gasteiger partial charge in [-0.2, -0.15) is 5.10 Å². The summed E-state index contributed by atoms with van der Waals surface area (Å²) < 4.78 is 1.99. The predicted octanol–water partition coefficient (Wildman–Crippen LogP) is 2.51. The number of nitrogens with one attached hydrogen (secondary N) is 1. The molecule has 0 bridgehead atoms. The molecule has 122 valence electrons. The fraction of sp³-hybridized carbons (Fsp3) is 0.526. The highest BCUT2D eigenvalue weighted by atomic mass is 15.3. The van der Waals surface area contributed by atoms with Crippen LogP contribution < -0.4 is 5.32 Å². The quantitative estimate of drug-likeness (QED) is 0.942. The smallest absolute Gasteiger partial charge is 0.0659 e. The molecule has 1 aromatic heterocycles. The fourth-order valence-electron chi connectivity index (χ4n) is 4.25. The van der Waals surface area contributed by atoms with Crippen molar-refractivity contribution >= 4 is 0 Å². The summed E-state index contributed by atoms with van der Waals surface area (Å²) in [7, 11) is 0. The summed E-state index contributed by atoms with van der Waals surface area (Å²) in [6, 6.07) is 11.0. The fourth-order valence-corrected chi connectivity index (χ4v) is 4.25. The Kier molecular flexibility index (Phi) is 4.19. The number of hydrogen-bond acceptors (Lipinski definition) is 3. The lowest BCUT2D eigenvalue weighted by Gasteiger charge is -2.40. The Morgan fingerprint density at radius 1 is 1.13 bits per heavy atom. The lowest BCUT2D eigenvalue weighted by atomic mass is 9.79. The molecule has 4 nitrogen and oxygen atoms in total. The van der Waals surface area contributed by atoms with Gasteiger partial charge in [0.2, 0.25) is 0 Å². The third kappa shape index (κ3) is 3.48. The topological polar surface area (TPSA) is 33.1 Å². The molecule has 0 amide bonds. The Balaban J connectivity index is 1.42. The largest absolute Gasteiger partial charge is 0.316 e. The highest BCUT2D eigenvalue weighted by Gasteiger charge is 2.37. The minimum Gasteiger partial charge on any atom is -0.316 e. The number of rotatable bonds is 4. The standard InChI is InChI=1S/C19H26N4/c1-4-17(12-18(5-1)14-23-11-3-8-21-23)13-22-10-2-6-19(16-22)7-9-20-15-19/h1,3-5,8,11-12,20H,2,6-7,9-10,13-16H2/t19-/m1/s1. The second-order valence-electron chi connectivity index (χ2n) is 7.26. The minimum atomic E-state index is 0.547. The molecule has 2 aromatic rings. The van der Waals surface area contributed by atoms with Gasteiger partial charge in [0.15, 0.2) is 0 Å². The van der Waals surface area contributed by atoms with E-state index < -0.39 is 0 Å². The lowest BCUT2D eigenvalue weighted by Crippen LogP contribution is -2.44. The molecule has 0 unspecified atom stereocenters. The van der Waals surface area contributed by atoms with Gasteiger partial charge >= 0.3 is 0 Å². The van der Waals surface area contributed by atoms with Gasteiger partial charge in [-0.15, -0.1) is 0 Å². The van der Waals surface area contributed by atoms with Crippen LogP contribution >= 0.6 is 0 Å². The lowest BCUT2D eigenvalue weighted by molar-refractivity contribution is 0.0978. The Bertz CT molecular complexity index is 629. The molecule has 1 atom stereocenters. The van der Waals surface area contributed by atoms with Gasteiger partial charge in [0, 0.05) is 32.0 Å². The zero-order valence-electron chi connectivity index (χ0n) is 13.7. The van der Waals surface area contributed by atoms with Crippen LogP contribution in [-0.2, 0) is 13.1 Å². The van der Waals surface area contributed by atoms with E-state index >= 15 is 0 Å². The monoisotopic (exact) mass is 310 g/mol. The van der Waals surface area contributed by atoms with Gasteiger partial charge in [0.1, 0.15) is 0 Å². The van der Waals surface area contributed by atoms with Crippen LogP contribution in [0.1, 0.15) is 30.4 Å². The third-order valence-corrected chi connectivity index (χ3v) is 5.37. The van der Waals surface area contributed by atoms with E-state index in [1.807, 2.05) is 23.1 Å². The Labute approximate surface area is 138 Å². The van der Waals surface area contributed by atoms with Crippen molar-refractivity contribution in [2.24, 2.45) is 5.41 Å². The normalized spacial score (nSPS) is 25.2. The minimum absolute atomic E-state index is 0.547. The van der Waals surface area contributed by atoms with Gasteiger partial charge in [0.05, 0.1) is 6.54 Å². The van der Waals surface area contributed by atoms with Crippen molar-refractivity contribution < 1.29 is 0 Å². The van der Waals surface area contributed by atoms with E-state index in [1.54, 1.807) is 0 Å². The molecule has 1 aromatic carbocycles. The van der Waals surface area contributed by atoms with E-state index in [1.165, 1.54) is 56.6 Å². The van der Waals surface area contributed by atoms with Gasteiger partial charge in [-0.3, -0.25) is 9.58 Å². The van der Waals surface area contributed by atoms with Crippen molar-refractivity contribution in [3.05, 3.63) is 53.9 Å². The summed E-state index contributed by atoms with van der Waals surface area (Å²) in [4.78, 5) is 2.66. The molecule has 1 spiro atoms. The number of hydrogen-bond donors (Lipinski definition) is 1. The molecule has 23 heavy (non-hydrogen) atoms. The van der Waals surface area contributed by atoms with E-state index in [0.717, 1.165) is 13.1 Å². The van der Waals surface area contributed by atoms with Crippen LogP contribution in [0.5, 0.6) is 0 Å². The number of aromatic nitrogens is 2. The maximum atomic E-state index is 4.30. The average Bonchev–Trinajstić information content (AvgIpc) is 3.20. The molecule has 1 N–H and O–H groups in total. The van der Waals surface area contributed by atoms with Crippen LogP contribution in [0, 0.1) is 5.41 Å². The first-order valence-corrected chi connectivity index (χ1v) is 8.80. The van der Waals surface area contributed by atoms with Gasteiger partial charge in [-0.1, -0.05) is 24.3 Å². The van der Waals surface area contributed by atoms with Gasteiger partial charge in [-0.05, 0) is 55.0 Å². The molecule has 4 rings (SSSR count). The SMILES string of the molecule is c1cc(CN2CCC[C@]3(CCNC3)C2)cc(Cn2cccn2)c1. The zero-order valence-corrected chi connectivity index (χ0v) is 13.7. The predicted molar refractivity (Wildman–Crippen MR) is 92.2 cm³/mol. The molecular weight excluding hydrogens is 284 g/mol. The Morgan fingerprint density at radius 2 is 2.04 bits per heavy atom. The summed E-state index contributed by atoms with van der Waals surface area (Å²) >= 11 is 0. The molecule has 0 radical (unpaired) electrons. The van der Waals surface area contributed by atoms with Crippen LogP contribution in [0.4, 0.5) is 0 Å². The first-order valence-electron chi connectivity index (χ1n) is 8.80. The molecule has 2 fully saturated rings. The molecule has 0 saturated carbocycles. The third-order valence-electron chi connectivity index (χ3n) is 5.37. The van der Waals surface area contributed by atoms with Crippen molar-refractivity contribution in [2.75, 3.05) is 26.2 Å². The summed E-state index contributed by atoms with van der Waals surface area (Å²) in [5.41, 5.74) is 3.31. The van der Waals surface area contributed by atoms with Crippen LogP contribution in [0.25, 0.3) is 0 Å². The first kappa shape index (κ1) is 14.9. The van der Waals surface area contributed by atoms with Crippen LogP contribution in [0.2, 0.25) is 0 Å². The van der Waals surface area contributed by atoms with Crippen LogP contribution in [-0.4, -0.2) is 40.9 Å². The van der Waals surface area contributed by atoms with Crippen molar-refractivity contribution in [3.63, 3.8) is 0 Å². The molecule has 2 saturated heterocycles. The van der Waals surface area contributed by atoms with Crippen molar-refractivity contribution in [1.29, 1.82) is 0 Å². The maximum absolute atomic E-state index is 4.30. The molecule has 4 heteroatoms. The number of likely N-dealkylation sites (tertiary alicyclic amines) is 1. The average molecular weight is 310 g/mol. The van der Waals surface area contributed by atoms with Crippen LogP contribution in [0.15, 0.2) is 42.7 Å². The van der Waals surface area contributed by atoms with E-state index in [9.17, 15) is 0 Å².